The quantitative estimate of drug-likeness (QED) is 0.195. The molecule has 6 nitrogen and oxygen atoms in total. The Morgan fingerprint density at radius 3 is 2.58 bits per heavy atom. The summed E-state index contributed by atoms with van der Waals surface area (Å²) in [6.07, 6.45) is 2.45. The average Bonchev–Trinajstić information content (AvgIpc) is 2.39. The Morgan fingerprint density at radius 2 is 2.11 bits per heavy atom. The van der Waals surface area contributed by atoms with E-state index in [1.54, 1.807) is 6.92 Å². The third kappa shape index (κ3) is 5.92. The molecule has 0 radical (unpaired) electrons. The Kier molecular flexibility index (Phi) is 8.14. The topological polar surface area (TPSA) is 96.9 Å². The first-order chi connectivity index (χ1) is 8.88. The van der Waals surface area contributed by atoms with E-state index >= 15 is 0 Å². The number of nitrogens with one attached hydrogen (secondary N) is 1. The fourth-order valence-electron chi connectivity index (χ4n) is 1.51. The molecular weight excluding hydrogens is 246 g/mol. The van der Waals surface area contributed by atoms with Crippen LogP contribution in [0.1, 0.15) is 47.0 Å². The van der Waals surface area contributed by atoms with E-state index in [4.69, 9.17) is 15.7 Å². The highest BCUT2D eigenvalue weighted by Crippen LogP contribution is 2.21. The molecule has 6 heteroatoms. The summed E-state index contributed by atoms with van der Waals surface area (Å²) in [5.74, 6) is -0.272. The molecule has 0 aromatic rings. The molecule has 0 saturated heterocycles. The van der Waals surface area contributed by atoms with Crippen molar-refractivity contribution in [3.8, 4) is 0 Å². The standard InChI is InChI=1S/C13H27N3O3/c1-5-13(4,11(14)16-18)12(17)15-8-6-7-9-19-10(2)3/h10,18H,5-9H2,1-4H3,(H2,14,16)(H,15,17). The summed E-state index contributed by atoms with van der Waals surface area (Å²) in [6.45, 7) is 8.73. The molecule has 0 aliphatic heterocycles. The molecule has 0 saturated carbocycles. The number of hydrogen-bond acceptors (Lipinski definition) is 4. The Hall–Kier alpha value is -1.30. The molecule has 4 N–H and O–H groups in total. The van der Waals surface area contributed by atoms with Gasteiger partial charge in [0.25, 0.3) is 0 Å². The van der Waals surface area contributed by atoms with Crippen molar-refractivity contribution in [1.82, 2.24) is 5.32 Å². The van der Waals surface area contributed by atoms with Crippen LogP contribution in [-0.2, 0) is 9.53 Å². The van der Waals surface area contributed by atoms with Gasteiger partial charge in [0.2, 0.25) is 5.91 Å². The van der Waals surface area contributed by atoms with Crippen molar-refractivity contribution in [3.05, 3.63) is 0 Å². The van der Waals surface area contributed by atoms with Crippen LogP contribution in [0.5, 0.6) is 0 Å². The highest BCUT2D eigenvalue weighted by atomic mass is 16.5. The number of nitrogens with two attached hydrogens (primary N) is 1. The predicted octanol–water partition coefficient (Wildman–Crippen LogP) is 1.47. The number of hydrogen-bond donors (Lipinski definition) is 3. The van der Waals surface area contributed by atoms with Crippen LogP contribution in [0.25, 0.3) is 0 Å². The number of unbranched alkanes of at least 4 members (excludes halogenated alkanes) is 1. The lowest BCUT2D eigenvalue weighted by Gasteiger charge is -2.25. The maximum absolute atomic E-state index is 12.0. The van der Waals surface area contributed by atoms with Crippen molar-refractivity contribution in [3.63, 3.8) is 0 Å². The number of amidine groups is 1. The molecule has 0 aliphatic rings. The summed E-state index contributed by atoms with van der Waals surface area (Å²) in [7, 11) is 0. The molecule has 1 atom stereocenters. The number of carbonyl (C=O) groups excluding carboxylic acids is 1. The molecule has 1 amide bonds. The van der Waals surface area contributed by atoms with E-state index in [1.807, 2.05) is 20.8 Å². The molecule has 0 heterocycles. The largest absolute Gasteiger partial charge is 0.409 e. The fraction of sp³-hybridized carbons (Fsp3) is 0.846. The second-order valence-corrected chi connectivity index (χ2v) is 5.05. The van der Waals surface area contributed by atoms with Crippen LogP contribution in [0.3, 0.4) is 0 Å². The van der Waals surface area contributed by atoms with E-state index in [2.05, 4.69) is 10.5 Å². The van der Waals surface area contributed by atoms with Crippen molar-refractivity contribution >= 4 is 11.7 Å². The Balaban J connectivity index is 4.03. The third-order valence-corrected chi connectivity index (χ3v) is 3.19. The highest BCUT2D eigenvalue weighted by Gasteiger charge is 2.35. The van der Waals surface area contributed by atoms with Crippen LogP contribution in [0.4, 0.5) is 0 Å². The van der Waals surface area contributed by atoms with Gasteiger partial charge in [-0.25, -0.2) is 0 Å². The summed E-state index contributed by atoms with van der Waals surface area (Å²) < 4.78 is 5.41. The summed E-state index contributed by atoms with van der Waals surface area (Å²) >= 11 is 0. The normalized spacial score (nSPS) is 15.3. The van der Waals surface area contributed by atoms with Gasteiger partial charge in [-0.15, -0.1) is 0 Å². The van der Waals surface area contributed by atoms with Crippen molar-refractivity contribution in [2.75, 3.05) is 13.2 Å². The highest BCUT2D eigenvalue weighted by molar-refractivity contribution is 6.06. The Bertz CT molecular complexity index is 306. The number of ether oxygens (including phenoxy) is 1. The first-order valence-electron chi connectivity index (χ1n) is 6.76. The summed E-state index contributed by atoms with van der Waals surface area (Å²) in [5, 5.41) is 14.5. The summed E-state index contributed by atoms with van der Waals surface area (Å²) in [6, 6.07) is 0. The van der Waals surface area contributed by atoms with E-state index in [9.17, 15) is 4.79 Å². The zero-order valence-corrected chi connectivity index (χ0v) is 12.4. The molecule has 1 unspecified atom stereocenters. The molecule has 0 bridgehead atoms. The van der Waals surface area contributed by atoms with Crippen LogP contribution in [0.2, 0.25) is 0 Å². The molecule has 112 valence electrons. The molecule has 0 aliphatic carbocycles. The molecular formula is C13H27N3O3. The van der Waals surface area contributed by atoms with Gasteiger partial charge in [-0.3, -0.25) is 4.79 Å². The smallest absolute Gasteiger partial charge is 0.233 e. The van der Waals surface area contributed by atoms with Crippen molar-refractivity contribution in [1.29, 1.82) is 0 Å². The lowest BCUT2D eigenvalue weighted by molar-refractivity contribution is -0.127. The summed E-state index contributed by atoms with van der Waals surface area (Å²) in [5.41, 5.74) is 4.61. The molecule has 19 heavy (non-hydrogen) atoms. The van der Waals surface area contributed by atoms with Crippen LogP contribution in [0, 0.1) is 5.41 Å². The monoisotopic (exact) mass is 273 g/mol. The number of amides is 1. The van der Waals surface area contributed by atoms with Crippen LogP contribution < -0.4 is 11.1 Å². The molecule has 0 rings (SSSR count). The Labute approximate surface area is 115 Å². The zero-order valence-electron chi connectivity index (χ0n) is 12.4. The minimum Gasteiger partial charge on any atom is -0.409 e. The van der Waals surface area contributed by atoms with Gasteiger partial charge in [-0.05, 0) is 40.0 Å². The van der Waals surface area contributed by atoms with Crippen molar-refractivity contribution in [2.24, 2.45) is 16.3 Å². The van der Waals surface area contributed by atoms with Gasteiger partial charge in [0.1, 0.15) is 5.41 Å². The maximum atomic E-state index is 12.0. The van der Waals surface area contributed by atoms with E-state index in [0.29, 0.717) is 19.6 Å². The van der Waals surface area contributed by atoms with Gasteiger partial charge in [-0.1, -0.05) is 12.1 Å². The van der Waals surface area contributed by atoms with Crippen molar-refractivity contribution in [2.45, 2.75) is 53.1 Å². The third-order valence-electron chi connectivity index (χ3n) is 3.19. The lowest BCUT2D eigenvalue weighted by atomic mass is 9.85. The lowest BCUT2D eigenvalue weighted by Crippen LogP contribution is -2.47. The fourth-order valence-corrected chi connectivity index (χ4v) is 1.51. The van der Waals surface area contributed by atoms with Gasteiger partial charge in [0, 0.05) is 13.2 Å². The van der Waals surface area contributed by atoms with Crippen LogP contribution >= 0.6 is 0 Å². The number of carbonyl (C=O) groups is 1. The second-order valence-electron chi connectivity index (χ2n) is 5.05. The molecule has 0 spiro atoms. The average molecular weight is 273 g/mol. The zero-order chi connectivity index (χ0) is 14.9. The van der Waals surface area contributed by atoms with E-state index in [-0.39, 0.29) is 17.8 Å². The molecule has 0 aromatic heterocycles. The van der Waals surface area contributed by atoms with E-state index in [0.717, 1.165) is 12.8 Å². The predicted molar refractivity (Wildman–Crippen MR) is 75.1 cm³/mol. The van der Waals surface area contributed by atoms with Gasteiger partial charge >= 0.3 is 0 Å². The number of oxime groups is 1. The molecule has 0 fully saturated rings. The van der Waals surface area contributed by atoms with Gasteiger partial charge in [-0.2, -0.15) is 0 Å². The minimum absolute atomic E-state index is 0.0596. The first-order valence-corrected chi connectivity index (χ1v) is 6.76. The van der Waals surface area contributed by atoms with Crippen LogP contribution in [-0.4, -0.2) is 36.2 Å². The second kappa shape index (κ2) is 8.74. The van der Waals surface area contributed by atoms with Gasteiger partial charge in [0.15, 0.2) is 5.84 Å². The minimum atomic E-state index is -0.955. The Morgan fingerprint density at radius 1 is 1.47 bits per heavy atom. The number of rotatable bonds is 9. The van der Waals surface area contributed by atoms with Crippen molar-refractivity contribution < 1.29 is 14.7 Å². The first kappa shape index (κ1) is 17.7. The van der Waals surface area contributed by atoms with Crippen LogP contribution in [0.15, 0.2) is 5.16 Å². The number of nitrogens with zero attached hydrogens (tertiary/aromatic N) is 1. The van der Waals surface area contributed by atoms with E-state index in [1.165, 1.54) is 0 Å². The molecule has 0 aromatic carbocycles. The summed E-state index contributed by atoms with van der Waals surface area (Å²) in [4.78, 5) is 12.0. The van der Waals surface area contributed by atoms with E-state index < -0.39 is 5.41 Å². The maximum Gasteiger partial charge on any atom is 0.233 e. The SMILES string of the molecule is CCC(C)(C(=O)NCCCCOC(C)C)C(N)=NO. The van der Waals surface area contributed by atoms with Gasteiger partial charge < -0.3 is 21.0 Å². The van der Waals surface area contributed by atoms with Gasteiger partial charge in [0.05, 0.1) is 6.10 Å².